The molecule has 4 aromatic rings. The number of amides is 2. The lowest BCUT2D eigenvalue weighted by molar-refractivity contribution is 0.101. The maximum absolute atomic E-state index is 12.9. The summed E-state index contributed by atoms with van der Waals surface area (Å²) in [6.07, 6.45) is 0. The Morgan fingerprint density at radius 3 is 2.23 bits per heavy atom. The van der Waals surface area contributed by atoms with Gasteiger partial charge in [-0.25, -0.2) is 0 Å². The zero-order valence-corrected chi connectivity index (χ0v) is 20.2. The molecule has 0 saturated heterocycles. The van der Waals surface area contributed by atoms with E-state index in [1.807, 2.05) is 38.1 Å². The van der Waals surface area contributed by atoms with Crippen molar-refractivity contribution in [2.75, 3.05) is 17.2 Å². The average Bonchev–Trinajstić information content (AvgIpc) is 3.29. The molecular formula is C27H25N3O4S. The van der Waals surface area contributed by atoms with Crippen molar-refractivity contribution in [2.45, 2.75) is 24.5 Å². The largest absolute Gasteiger partial charge is 0.494 e. The fourth-order valence-corrected chi connectivity index (χ4v) is 4.26. The molecule has 4 rings (SSSR count). The fourth-order valence-electron chi connectivity index (χ4n) is 3.33. The Balaban J connectivity index is 1.37. The van der Waals surface area contributed by atoms with E-state index in [2.05, 4.69) is 15.8 Å². The molecule has 0 aliphatic rings. The Morgan fingerprint density at radius 2 is 1.57 bits per heavy atom. The lowest BCUT2D eigenvalue weighted by Gasteiger charge is -2.10. The van der Waals surface area contributed by atoms with Crippen LogP contribution in [0.25, 0.3) is 0 Å². The van der Waals surface area contributed by atoms with Crippen molar-refractivity contribution in [3.05, 3.63) is 101 Å². The molecule has 0 fully saturated rings. The van der Waals surface area contributed by atoms with Crippen molar-refractivity contribution in [1.82, 2.24) is 5.16 Å². The number of hydrogen-bond donors (Lipinski definition) is 2. The number of rotatable bonds is 9. The van der Waals surface area contributed by atoms with E-state index < -0.39 is 0 Å². The van der Waals surface area contributed by atoms with Gasteiger partial charge in [-0.1, -0.05) is 17.3 Å². The number of carbonyl (C=O) groups is 2. The summed E-state index contributed by atoms with van der Waals surface area (Å²) < 4.78 is 10.5. The van der Waals surface area contributed by atoms with Crippen LogP contribution in [0.1, 0.15) is 39.1 Å². The Kier molecular flexibility index (Phi) is 7.84. The van der Waals surface area contributed by atoms with Crippen LogP contribution >= 0.6 is 11.8 Å². The Bertz CT molecular complexity index is 1300. The minimum atomic E-state index is -0.239. The first-order valence-corrected chi connectivity index (χ1v) is 12.1. The van der Waals surface area contributed by atoms with Crippen LogP contribution in [0, 0.1) is 6.92 Å². The molecule has 178 valence electrons. The smallest absolute Gasteiger partial charge is 0.256 e. The molecule has 0 spiro atoms. The van der Waals surface area contributed by atoms with Crippen LogP contribution in [0.5, 0.6) is 5.75 Å². The van der Waals surface area contributed by atoms with Crippen molar-refractivity contribution >= 4 is 35.0 Å². The van der Waals surface area contributed by atoms with Gasteiger partial charge in [0.25, 0.3) is 11.8 Å². The van der Waals surface area contributed by atoms with Crippen LogP contribution < -0.4 is 15.4 Å². The van der Waals surface area contributed by atoms with Gasteiger partial charge in [-0.3, -0.25) is 9.59 Å². The molecule has 0 atom stereocenters. The average molecular weight is 488 g/mol. The zero-order chi connectivity index (χ0) is 24.6. The van der Waals surface area contributed by atoms with Crippen molar-refractivity contribution in [2.24, 2.45) is 0 Å². The van der Waals surface area contributed by atoms with Gasteiger partial charge >= 0.3 is 0 Å². The first-order valence-electron chi connectivity index (χ1n) is 11.1. The molecule has 2 N–H and O–H groups in total. The summed E-state index contributed by atoms with van der Waals surface area (Å²) in [7, 11) is 0. The standard InChI is InChI=1S/C27H25N3O4S/c1-3-33-23-14-12-21(13-15-23)28-26(31)19-8-10-20(11-9-19)29-27(32)24-6-4-5-7-25(24)35-17-22-16-18(2)34-30-22/h4-16H,3,17H2,1-2H3,(H,28,31)(H,29,32). The second kappa shape index (κ2) is 11.4. The second-order valence-electron chi connectivity index (χ2n) is 7.66. The van der Waals surface area contributed by atoms with E-state index in [-0.39, 0.29) is 11.8 Å². The van der Waals surface area contributed by atoms with Crippen LogP contribution in [0.2, 0.25) is 0 Å². The summed E-state index contributed by atoms with van der Waals surface area (Å²) in [5.41, 5.74) is 3.14. The predicted molar refractivity (Wildman–Crippen MR) is 137 cm³/mol. The van der Waals surface area contributed by atoms with Crippen molar-refractivity contribution in [1.29, 1.82) is 0 Å². The van der Waals surface area contributed by atoms with Gasteiger partial charge < -0.3 is 19.9 Å². The highest BCUT2D eigenvalue weighted by atomic mass is 32.2. The Labute approximate surface area is 207 Å². The molecule has 35 heavy (non-hydrogen) atoms. The number of carbonyl (C=O) groups excluding carboxylic acids is 2. The Morgan fingerprint density at radius 1 is 0.914 bits per heavy atom. The highest BCUT2D eigenvalue weighted by Gasteiger charge is 2.13. The number of nitrogens with one attached hydrogen (secondary N) is 2. The highest BCUT2D eigenvalue weighted by Crippen LogP contribution is 2.27. The Hall–Kier alpha value is -4.04. The maximum atomic E-state index is 12.9. The van der Waals surface area contributed by atoms with Gasteiger partial charge in [-0.05, 0) is 74.5 Å². The quantitative estimate of drug-likeness (QED) is 0.274. The minimum absolute atomic E-state index is 0.226. The van der Waals surface area contributed by atoms with E-state index in [0.29, 0.717) is 34.9 Å². The number of benzene rings is 3. The monoisotopic (exact) mass is 487 g/mol. The van der Waals surface area contributed by atoms with E-state index >= 15 is 0 Å². The maximum Gasteiger partial charge on any atom is 0.256 e. The third kappa shape index (κ3) is 6.51. The molecule has 0 unspecified atom stereocenters. The third-order valence-corrected chi connectivity index (χ3v) is 6.12. The summed E-state index contributed by atoms with van der Waals surface area (Å²) in [6, 6.07) is 23.2. The van der Waals surface area contributed by atoms with Crippen LogP contribution in [0.4, 0.5) is 11.4 Å². The van der Waals surface area contributed by atoms with Crippen LogP contribution in [0.15, 0.2) is 88.3 Å². The van der Waals surface area contributed by atoms with E-state index in [9.17, 15) is 9.59 Å². The number of aryl methyl sites for hydroxylation is 1. The molecule has 2 amide bonds. The van der Waals surface area contributed by atoms with Crippen LogP contribution in [-0.4, -0.2) is 23.6 Å². The molecule has 3 aromatic carbocycles. The van der Waals surface area contributed by atoms with Crippen LogP contribution in [-0.2, 0) is 5.75 Å². The summed E-state index contributed by atoms with van der Waals surface area (Å²) in [4.78, 5) is 26.4. The normalized spacial score (nSPS) is 10.6. The number of ether oxygens (including phenoxy) is 1. The topological polar surface area (TPSA) is 93.5 Å². The summed E-state index contributed by atoms with van der Waals surface area (Å²) in [6.45, 7) is 4.35. The first-order chi connectivity index (χ1) is 17.0. The van der Waals surface area contributed by atoms with Crippen molar-refractivity contribution in [3.63, 3.8) is 0 Å². The lowest BCUT2D eigenvalue weighted by atomic mass is 10.1. The van der Waals surface area contributed by atoms with E-state index in [1.54, 1.807) is 54.6 Å². The SMILES string of the molecule is CCOc1ccc(NC(=O)c2ccc(NC(=O)c3ccccc3SCc3cc(C)on3)cc2)cc1. The number of anilines is 2. The molecule has 0 bridgehead atoms. The van der Waals surface area contributed by atoms with E-state index in [0.717, 1.165) is 22.1 Å². The molecule has 0 aliphatic heterocycles. The molecule has 0 saturated carbocycles. The van der Waals surface area contributed by atoms with Gasteiger partial charge in [-0.2, -0.15) is 0 Å². The number of aromatic nitrogens is 1. The summed E-state index contributed by atoms with van der Waals surface area (Å²) in [5.74, 6) is 1.63. The number of thioether (sulfide) groups is 1. The highest BCUT2D eigenvalue weighted by molar-refractivity contribution is 7.98. The summed E-state index contributed by atoms with van der Waals surface area (Å²) >= 11 is 1.52. The number of nitrogens with zero attached hydrogens (tertiary/aromatic N) is 1. The third-order valence-electron chi connectivity index (χ3n) is 5.01. The van der Waals surface area contributed by atoms with Gasteiger partial charge in [0.15, 0.2) is 0 Å². The fraction of sp³-hybridized carbons (Fsp3) is 0.148. The minimum Gasteiger partial charge on any atom is -0.494 e. The molecule has 8 heteroatoms. The van der Waals surface area contributed by atoms with Crippen molar-refractivity contribution < 1.29 is 18.8 Å². The van der Waals surface area contributed by atoms with Gasteiger partial charge in [0.1, 0.15) is 11.5 Å². The van der Waals surface area contributed by atoms with Gasteiger partial charge in [0, 0.05) is 33.7 Å². The second-order valence-corrected chi connectivity index (χ2v) is 8.67. The van der Waals surface area contributed by atoms with E-state index in [4.69, 9.17) is 9.26 Å². The number of hydrogen-bond acceptors (Lipinski definition) is 6. The van der Waals surface area contributed by atoms with Gasteiger partial charge in [-0.15, -0.1) is 11.8 Å². The van der Waals surface area contributed by atoms with Gasteiger partial charge in [0.2, 0.25) is 0 Å². The lowest BCUT2D eigenvalue weighted by Crippen LogP contribution is -2.14. The van der Waals surface area contributed by atoms with E-state index in [1.165, 1.54) is 11.8 Å². The van der Waals surface area contributed by atoms with Crippen LogP contribution in [0.3, 0.4) is 0 Å². The predicted octanol–water partition coefficient (Wildman–Crippen LogP) is 6.18. The molecule has 7 nitrogen and oxygen atoms in total. The molecule has 0 aliphatic carbocycles. The first kappa shape index (κ1) is 24.1. The molecule has 0 radical (unpaired) electrons. The molecular weight excluding hydrogens is 462 g/mol. The summed E-state index contributed by atoms with van der Waals surface area (Å²) in [5, 5.41) is 9.76. The van der Waals surface area contributed by atoms with Crippen molar-refractivity contribution in [3.8, 4) is 5.75 Å². The molecule has 1 heterocycles. The molecule has 1 aromatic heterocycles. The zero-order valence-electron chi connectivity index (χ0n) is 19.4. The van der Waals surface area contributed by atoms with Gasteiger partial charge in [0.05, 0.1) is 17.9 Å².